The van der Waals surface area contributed by atoms with E-state index in [0.717, 1.165) is 5.56 Å². The molecule has 7 nitrogen and oxygen atoms in total. The van der Waals surface area contributed by atoms with Crippen molar-refractivity contribution in [3.63, 3.8) is 0 Å². The first-order valence-corrected chi connectivity index (χ1v) is 7.57. The Bertz CT molecular complexity index is 943. The number of methoxy groups -OCH3 is 1. The van der Waals surface area contributed by atoms with Gasteiger partial charge < -0.3 is 14.9 Å². The molecule has 2 heterocycles. The predicted molar refractivity (Wildman–Crippen MR) is 93.0 cm³/mol. The lowest BCUT2D eigenvalue weighted by Crippen LogP contribution is -1.99. The molecule has 0 saturated carbocycles. The van der Waals surface area contributed by atoms with E-state index in [2.05, 4.69) is 15.2 Å². The number of pyridine rings is 1. The summed E-state index contributed by atoms with van der Waals surface area (Å²) in [6.45, 7) is 1.47. The fourth-order valence-electron chi connectivity index (χ4n) is 2.55. The summed E-state index contributed by atoms with van der Waals surface area (Å²) >= 11 is 0. The number of fused-ring (bicyclic) bond motifs is 1. The first kappa shape index (κ1) is 16.8. The van der Waals surface area contributed by atoms with Crippen LogP contribution in [0.3, 0.4) is 0 Å². The van der Waals surface area contributed by atoms with Crippen molar-refractivity contribution in [1.82, 2.24) is 15.2 Å². The number of aromatic amines is 1. The number of aromatic nitrogens is 3. The van der Waals surface area contributed by atoms with E-state index in [0.29, 0.717) is 28.0 Å². The van der Waals surface area contributed by atoms with Crippen LogP contribution in [-0.4, -0.2) is 38.3 Å². The molecule has 0 amide bonds. The maximum absolute atomic E-state index is 11.3. The van der Waals surface area contributed by atoms with Crippen LogP contribution in [0.4, 0.5) is 0 Å². The number of hydrogen-bond donors (Lipinski definition) is 3. The fourth-order valence-corrected chi connectivity index (χ4v) is 2.55. The van der Waals surface area contributed by atoms with E-state index in [9.17, 15) is 15.0 Å². The van der Waals surface area contributed by atoms with E-state index in [1.807, 2.05) is 0 Å². The van der Waals surface area contributed by atoms with E-state index in [1.54, 1.807) is 42.6 Å². The number of aliphatic hydroxyl groups is 2. The Morgan fingerprint density at radius 3 is 2.64 bits per heavy atom. The summed E-state index contributed by atoms with van der Waals surface area (Å²) in [6, 6.07) is 6.72. The molecule has 0 aliphatic carbocycles. The summed E-state index contributed by atoms with van der Waals surface area (Å²) in [5.41, 5.74) is 2.78. The Labute approximate surface area is 143 Å². The second-order valence-corrected chi connectivity index (χ2v) is 5.46. The van der Waals surface area contributed by atoms with E-state index < -0.39 is 6.29 Å². The third-order valence-electron chi connectivity index (χ3n) is 3.80. The number of carbonyl (C=O) groups excluding carboxylic acids is 1. The van der Waals surface area contributed by atoms with Crippen molar-refractivity contribution in [3.05, 3.63) is 53.0 Å². The van der Waals surface area contributed by atoms with Crippen LogP contribution >= 0.6 is 0 Å². The van der Waals surface area contributed by atoms with E-state index in [4.69, 9.17) is 4.74 Å². The third-order valence-corrected chi connectivity index (χ3v) is 3.80. The van der Waals surface area contributed by atoms with Gasteiger partial charge in [-0.15, -0.1) is 0 Å². The van der Waals surface area contributed by atoms with Crippen molar-refractivity contribution in [2.45, 2.75) is 13.2 Å². The molecule has 3 aromatic rings. The average molecular weight is 339 g/mol. The molecule has 3 rings (SSSR count). The largest absolute Gasteiger partial charge is 0.495 e. The topological polar surface area (TPSA) is 108 Å². The molecule has 0 spiro atoms. The zero-order valence-electron chi connectivity index (χ0n) is 13.7. The van der Waals surface area contributed by atoms with Crippen LogP contribution in [0.1, 0.15) is 40.5 Å². The standard InChI is InChI=1S/C18H17N3O4/c1-10(22)13-6-3-11(9-19-13)4-7-14-16-15(21-20-14)8-5-12(18(23)24)17(16)25-2/h3-9,18,23-24H,1-2H3,(H,20,21)/b7-4+. The minimum atomic E-state index is -1.64. The van der Waals surface area contributed by atoms with Crippen molar-refractivity contribution in [1.29, 1.82) is 0 Å². The van der Waals surface area contributed by atoms with Crippen LogP contribution in [0.5, 0.6) is 5.75 Å². The lowest BCUT2D eigenvalue weighted by atomic mass is 10.1. The van der Waals surface area contributed by atoms with Gasteiger partial charge in [-0.1, -0.05) is 12.1 Å². The lowest BCUT2D eigenvalue weighted by Gasteiger charge is -2.11. The van der Waals surface area contributed by atoms with Gasteiger partial charge in [0, 0.05) is 13.1 Å². The number of H-pyrrole nitrogens is 1. The predicted octanol–water partition coefficient (Wildman–Crippen LogP) is 2.32. The summed E-state index contributed by atoms with van der Waals surface area (Å²) in [5.74, 6) is 0.264. The second-order valence-electron chi connectivity index (χ2n) is 5.46. The van der Waals surface area contributed by atoms with Crippen molar-refractivity contribution in [3.8, 4) is 5.75 Å². The van der Waals surface area contributed by atoms with Gasteiger partial charge in [0.15, 0.2) is 12.1 Å². The number of nitrogens with one attached hydrogen (secondary N) is 1. The summed E-state index contributed by atoms with van der Waals surface area (Å²) in [7, 11) is 1.46. The zero-order chi connectivity index (χ0) is 18.0. The van der Waals surface area contributed by atoms with Gasteiger partial charge in [-0.3, -0.25) is 14.9 Å². The van der Waals surface area contributed by atoms with Gasteiger partial charge in [-0.25, -0.2) is 0 Å². The van der Waals surface area contributed by atoms with Crippen LogP contribution in [0.2, 0.25) is 0 Å². The highest BCUT2D eigenvalue weighted by Crippen LogP contribution is 2.34. The Kier molecular flexibility index (Phi) is 4.60. The van der Waals surface area contributed by atoms with Gasteiger partial charge in [0.25, 0.3) is 0 Å². The number of ether oxygens (including phenoxy) is 1. The number of Topliss-reactive ketones (excluding diaryl/α,β-unsaturated/α-hetero) is 1. The molecular formula is C18H17N3O4. The number of hydrogen-bond acceptors (Lipinski definition) is 6. The molecular weight excluding hydrogens is 322 g/mol. The molecule has 0 saturated heterocycles. The van der Waals surface area contributed by atoms with Crippen molar-refractivity contribution >= 4 is 28.8 Å². The van der Waals surface area contributed by atoms with E-state index in [1.165, 1.54) is 14.0 Å². The molecule has 0 aliphatic rings. The first-order valence-electron chi connectivity index (χ1n) is 7.57. The third kappa shape index (κ3) is 3.28. The summed E-state index contributed by atoms with van der Waals surface area (Å²) in [6.07, 6.45) is 3.52. The number of rotatable bonds is 5. The Morgan fingerprint density at radius 1 is 1.24 bits per heavy atom. The maximum atomic E-state index is 11.3. The summed E-state index contributed by atoms with van der Waals surface area (Å²) in [4.78, 5) is 15.3. The lowest BCUT2D eigenvalue weighted by molar-refractivity contribution is -0.0437. The molecule has 0 fully saturated rings. The number of carbonyl (C=O) groups is 1. The zero-order valence-corrected chi connectivity index (χ0v) is 13.7. The van der Waals surface area contributed by atoms with Crippen LogP contribution in [0.15, 0.2) is 30.5 Å². The first-order chi connectivity index (χ1) is 12.0. The SMILES string of the molecule is COc1c(C(O)O)ccc2[nH]nc(/C=C/c3ccc(C(C)=O)nc3)c12. The van der Waals surface area contributed by atoms with Gasteiger partial charge in [0.2, 0.25) is 0 Å². The average Bonchev–Trinajstić information content (AvgIpc) is 3.02. The fraction of sp³-hybridized carbons (Fsp3) is 0.167. The minimum absolute atomic E-state index is 0.0892. The number of aliphatic hydroxyl groups excluding tert-OH is 1. The molecule has 25 heavy (non-hydrogen) atoms. The van der Waals surface area contributed by atoms with Gasteiger partial charge >= 0.3 is 0 Å². The normalized spacial score (nSPS) is 11.6. The molecule has 3 N–H and O–H groups in total. The molecule has 0 bridgehead atoms. The molecule has 0 unspecified atom stereocenters. The van der Waals surface area contributed by atoms with Crippen LogP contribution in [-0.2, 0) is 0 Å². The second kappa shape index (κ2) is 6.84. The Balaban J connectivity index is 2.01. The highest BCUT2D eigenvalue weighted by atomic mass is 16.5. The van der Waals surface area contributed by atoms with Crippen LogP contribution in [0.25, 0.3) is 23.1 Å². The molecule has 0 aliphatic heterocycles. The van der Waals surface area contributed by atoms with Crippen molar-refractivity contribution in [2.24, 2.45) is 0 Å². The Hall–Kier alpha value is -3.03. The molecule has 1 aromatic carbocycles. The molecule has 2 aromatic heterocycles. The van der Waals surface area contributed by atoms with Gasteiger partial charge in [0.1, 0.15) is 11.4 Å². The monoisotopic (exact) mass is 339 g/mol. The van der Waals surface area contributed by atoms with E-state index >= 15 is 0 Å². The number of ketones is 1. The molecule has 0 radical (unpaired) electrons. The highest BCUT2D eigenvalue weighted by Gasteiger charge is 2.17. The van der Waals surface area contributed by atoms with Crippen LogP contribution < -0.4 is 4.74 Å². The van der Waals surface area contributed by atoms with Crippen molar-refractivity contribution < 1.29 is 19.7 Å². The minimum Gasteiger partial charge on any atom is -0.495 e. The summed E-state index contributed by atoms with van der Waals surface area (Å²) in [5, 5.41) is 26.8. The van der Waals surface area contributed by atoms with Gasteiger partial charge in [-0.05, 0) is 29.8 Å². The van der Waals surface area contributed by atoms with Crippen molar-refractivity contribution in [2.75, 3.05) is 7.11 Å². The molecule has 7 heteroatoms. The molecule has 0 atom stereocenters. The number of nitrogens with zero attached hydrogens (tertiary/aromatic N) is 2. The maximum Gasteiger partial charge on any atom is 0.182 e. The molecule has 128 valence electrons. The smallest absolute Gasteiger partial charge is 0.182 e. The Morgan fingerprint density at radius 2 is 2.04 bits per heavy atom. The number of benzene rings is 1. The van der Waals surface area contributed by atoms with Crippen LogP contribution in [0, 0.1) is 0 Å². The summed E-state index contributed by atoms with van der Waals surface area (Å²) < 4.78 is 5.35. The van der Waals surface area contributed by atoms with Gasteiger partial charge in [0.05, 0.1) is 29.3 Å². The van der Waals surface area contributed by atoms with Gasteiger partial charge in [-0.2, -0.15) is 5.10 Å². The highest BCUT2D eigenvalue weighted by molar-refractivity contribution is 5.95. The quantitative estimate of drug-likeness (QED) is 0.486. The van der Waals surface area contributed by atoms with E-state index in [-0.39, 0.29) is 11.3 Å².